The molecule has 1 aromatic heterocycles. The summed E-state index contributed by atoms with van der Waals surface area (Å²) in [5.41, 5.74) is 0.515. The van der Waals surface area contributed by atoms with E-state index in [0.29, 0.717) is 16.2 Å². The minimum atomic E-state index is -0.244. The van der Waals surface area contributed by atoms with E-state index in [1.54, 1.807) is 31.4 Å². The summed E-state index contributed by atoms with van der Waals surface area (Å²) in [6.45, 7) is 2.43. The van der Waals surface area contributed by atoms with Gasteiger partial charge >= 0.3 is 0 Å². The molecule has 1 aliphatic rings. The van der Waals surface area contributed by atoms with Crippen LogP contribution in [0, 0.1) is 0 Å². The summed E-state index contributed by atoms with van der Waals surface area (Å²) in [6, 6.07) is 10.9. The van der Waals surface area contributed by atoms with Gasteiger partial charge in [-0.1, -0.05) is 13.0 Å². The standard InChI is InChI=1S/C19H19NO4S2/c1-3-25-17-16(15-5-4-12-26-15)18(21)20(19(17)22)10-11-24-14-8-6-13(23-2)7-9-14/h4-9,12H,3,10-11H2,1-2H3. The van der Waals surface area contributed by atoms with Crippen LogP contribution in [0.15, 0.2) is 46.7 Å². The highest BCUT2D eigenvalue weighted by Crippen LogP contribution is 2.37. The lowest BCUT2D eigenvalue weighted by Crippen LogP contribution is -2.35. The number of benzene rings is 1. The monoisotopic (exact) mass is 389 g/mol. The maximum atomic E-state index is 12.8. The molecular formula is C19H19NO4S2. The van der Waals surface area contributed by atoms with Crippen LogP contribution in [0.25, 0.3) is 5.57 Å². The Morgan fingerprint density at radius 3 is 2.42 bits per heavy atom. The van der Waals surface area contributed by atoms with Gasteiger partial charge in [0.15, 0.2) is 0 Å². The highest BCUT2D eigenvalue weighted by molar-refractivity contribution is 8.04. The summed E-state index contributed by atoms with van der Waals surface area (Å²) in [5.74, 6) is 1.67. The maximum Gasteiger partial charge on any atom is 0.268 e. The quantitative estimate of drug-likeness (QED) is 0.645. The highest BCUT2D eigenvalue weighted by atomic mass is 32.2. The maximum absolute atomic E-state index is 12.8. The van der Waals surface area contributed by atoms with Gasteiger partial charge in [0.25, 0.3) is 11.8 Å². The molecule has 26 heavy (non-hydrogen) atoms. The van der Waals surface area contributed by atoms with Crippen molar-refractivity contribution in [2.24, 2.45) is 0 Å². The first kappa shape index (κ1) is 18.5. The van der Waals surface area contributed by atoms with E-state index in [2.05, 4.69) is 0 Å². The molecule has 0 saturated carbocycles. The van der Waals surface area contributed by atoms with Gasteiger partial charge in [-0.25, -0.2) is 0 Å². The summed E-state index contributed by atoms with van der Waals surface area (Å²) < 4.78 is 10.8. The molecule has 2 amide bonds. The largest absolute Gasteiger partial charge is 0.497 e. The van der Waals surface area contributed by atoms with Crippen molar-refractivity contribution in [2.45, 2.75) is 6.92 Å². The minimum absolute atomic E-state index is 0.215. The number of imide groups is 1. The molecule has 1 aliphatic heterocycles. The predicted octanol–water partition coefficient (Wildman–Crippen LogP) is 3.67. The summed E-state index contributed by atoms with van der Waals surface area (Å²) in [7, 11) is 1.60. The van der Waals surface area contributed by atoms with Crippen molar-refractivity contribution >= 4 is 40.5 Å². The molecule has 2 aromatic rings. The van der Waals surface area contributed by atoms with Crippen LogP contribution >= 0.6 is 23.1 Å². The Bertz CT molecular complexity index is 813. The smallest absolute Gasteiger partial charge is 0.268 e. The van der Waals surface area contributed by atoms with E-state index in [4.69, 9.17) is 9.47 Å². The molecule has 0 N–H and O–H groups in total. The third-order valence-electron chi connectivity index (χ3n) is 3.82. The topological polar surface area (TPSA) is 55.8 Å². The third kappa shape index (κ3) is 3.78. The van der Waals surface area contributed by atoms with Gasteiger partial charge in [0, 0.05) is 4.88 Å². The second kappa shape index (κ2) is 8.42. The Hall–Kier alpha value is -2.25. The summed E-state index contributed by atoms with van der Waals surface area (Å²) >= 11 is 2.88. The molecule has 0 spiro atoms. The lowest BCUT2D eigenvalue weighted by molar-refractivity contribution is -0.136. The number of ether oxygens (including phenoxy) is 2. The first-order valence-electron chi connectivity index (χ1n) is 8.19. The fraction of sp³-hybridized carbons (Fsp3) is 0.263. The average Bonchev–Trinajstić information content (AvgIpc) is 3.25. The molecule has 2 heterocycles. The summed E-state index contributed by atoms with van der Waals surface area (Å²) in [4.78, 5) is 28.1. The Morgan fingerprint density at radius 2 is 1.81 bits per heavy atom. The number of methoxy groups -OCH3 is 1. The summed E-state index contributed by atoms with van der Waals surface area (Å²) in [6.07, 6.45) is 0. The molecular weight excluding hydrogens is 370 g/mol. The molecule has 0 saturated heterocycles. The van der Waals surface area contributed by atoms with Crippen molar-refractivity contribution in [2.75, 3.05) is 26.0 Å². The number of amides is 2. The number of carbonyl (C=O) groups is 2. The van der Waals surface area contributed by atoms with Crippen molar-refractivity contribution < 1.29 is 19.1 Å². The minimum Gasteiger partial charge on any atom is -0.497 e. The molecule has 3 rings (SSSR count). The van der Waals surface area contributed by atoms with E-state index < -0.39 is 0 Å². The zero-order valence-electron chi connectivity index (χ0n) is 14.6. The SMILES string of the molecule is CCSC1=C(c2cccs2)C(=O)N(CCOc2ccc(OC)cc2)C1=O. The highest BCUT2D eigenvalue weighted by Gasteiger charge is 2.39. The van der Waals surface area contributed by atoms with Gasteiger partial charge in [-0.2, -0.15) is 0 Å². The zero-order valence-corrected chi connectivity index (χ0v) is 16.2. The van der Waals surface area contributed by atoms with Crippen molar-refractivity contribution in [3.05, 3.63) is 51.6 Å². The first-order chi connectivity index (χ1) is 12.7. The van der Waals surface area contributed by atoms with Crippen LogP contribution in [0.5, 0.6) is 11.5 Å². The molecule has 0 fully saturated rings. The van der Waals surface area contributed by atoms with Gasteiger partial charge in [-0.15, -0.1) is 23.1 Å². The van der Waals surface area contributed by atoms with Gasteiger partial charge in [0.05, 0.1) is 24.1 Å². The van der Waals surface area contributed by atoms with E-state index in [9.17, 15) is 9.59 Å². The second-order valence-electron chi connectivity index (χ2n) is 5.40. The zero-order chi connectivity index (χ0) is 18.5. The van der Waals surface area contributed by atoms with E-state index in [0.717, 1.165) is 16.4 Å². The van der Waals surface area contributed by atoms with Crippen LogP contribution in [0.2, 0.25) is 0 Å². The van der Waals surface area contributed by atoms with Crippen LogP contribution in [0.4, 0.5) is 0 Å². The molecule has 136 valence electrons. The van der Waals surface area contributed by atoms with Gasteiger partial charge < -0.3 is 9.47 Å². The van der Waals surface area contributed by atoms with Crippen LogP contribution in [-0.4, -0.2) is 42.7 Å². The van der Waals surface area contributed by atoms with Crippen LogP contribution in [-0.2, 0) is 9.59 Å². The van der Waals surface area contributed by atoms with Crippen LogP contribution in [0.3, 0.4) is 0 Å². The van der Waals surface area contributed by atoms with E-state index in [-0.39, 0.29) is 25.0 Å². The van der Waals surface area contributed by atoms with E-state index in [1.165, 1.54) is 28.0 Å². The van der Waals surface area contributed by atoms with E-state index in [1.807, 2.05) is 24.4 Å². The van der Waals surface area contributed by atoms with Gasteiger partial charge in [0.1, 0.15) is 18.1 Å². The number of hydrogen-bond donors (Lipinski definition) is 0. The molecule has 0 radical (unpaired) electrons. The Labute approximate surface area is 160 Å². The van der Waals surface area contributed by atoms with Gasteiger partial charge in [-0.05, 0) is 41.5 Å². The number of carbonyl (C=O) groups excluding carboxylic acids is 2. The second-order valence-corrected chi connectivity index (χ2v) is 7.62. The van der Waals surface area contributed by atoms with Crippen molar-refractivity contribution in [3.8, 4) is 11.5 Å². The molecule has 0 atom stereocenters. The Balaban J connectivity index is 1.67. The number of rotatable bonds is 8. The number of thioether (sulfide) groups is 1. The lowest BCUT2D eigenvalue weighted by Gasteiger charge is -2.15. The summed E-state index contributed by atoms with van der Waals surface area (Å²) in [5, 5.41) is 1.91. The predicted molar refractivity (Wildman–Crippen MR) is 105 cm³/mol. The molecule has 0 bridgehead atoms. The Kier molecular flexibility index (Phi) is 6.00. The number of nitrogens with zero attached hydrogens (tertiary/aromatic N) is 1. The third-order valence-corrected chi connectivity index (χ3v) is 5.67. The van der Waals surface area contributed by atoms with E-state index >= 15 is 0 Å². The lowest BCUT2D eigenvalue weighted by atomic mass is 10.2. The molecule has 5 nitrogen and oxygen atoms in total. The van der Waals surface area contributed by atoms with Crippen LogP contribution in [0.1, 0.15) is 11.8 Å². The van der Waals surface area contributed by atoms with Gasteiger partial charge in [-0.3, -0.25) is 14.5 Å². The number of hydrogen-bond acceptors (Lipinski definition) is 6. The number of thiophene rings is 1. The van der Waals surface area contributed by atoms with Crippen LogP contribution < -0.4 is 9.47 Å². The normalized spacial score (nSPS) is 14.3. The fourth-order valence-corrected chi connectivity index (χ4v) is 4.30. The first-order valence-corrected chi connectivity index (χ1v) is 10.1. The van der Waals surface area contributed by atoms with Crippen molar-refractivity contribution in [1.29, 1.82) is 0 Å². The molecule has 0 unspecified atom stereocenters. The van der Waals surface area contributed by atoms with Crippen molar-refractivity contribution in [3.63, 3.8) is 0 Å². The average molecular weight is 389 g/mol. The molecule has 0 aliphatic carbocycles. The Morgan fingerprint density at radius 1 is 1.08 bits per heavy atom. The van der Waals surface area contributed by atoms with Gasteiger partial charge in [0.2, 0.25) is 0 Å². The molecule has 7 heteroatoms. The van der Waals surface area contributed by atoms with Crippen molar-refractivity contribution in [1.82, 2.24) is 4.90 Å². The molecule has 1 aromatic carbocycles. The fourth-order valence-electron chi connectivity index (χ4n) is 2.60.